The van der Waals surface area contributed by atoms with E-state index in [1.165, 1.54) is 24.1 Å². The zero-order chi connectivity index (χ0) is 21.4. The van der Waals surface area contributed by atoms with Crippen molar-refractivity contribution in [1.82, 2.24) is 20.0 Å². The van der Waals surface area contributed by atoms with Gasteiger partial charge in [0.25, 0.3) is 0 Å². The Balaban J connectivity index is 1.29. The fourth-order valence-corrected chi connectivity index (χ4v) is 5.14. The molecule has 0 N–H and O–H groups in total. The van der Waals surface area contributed by atoms with Crippen molar-refractivity contribution >= 4 is 11.9 Å². The maximum atomic E-state index is 12.7. The van der Waals surface area contributed by atoms with Crippen molar-refractivity contribution < 1.29 is 14.1 Å². The van der Waals surface area contributed by atoms with Gasteiger partial charge in [-0.1, -0.05) is 5.16 Å². The summed E-state index contributed by atoms with van der Waals surface area (Å²) in [7, 11) is 0. The molecular formula is C23H31N5O3. The molecule has 4 heterocycles. The molecule has 0 aromatic carbocycles. The van der Waals surface area contributed by atoms with Crippen LogP contribution in [0.15, 0.2) is 10.6 Å². The number of carbonyl (C=O) groups excluding carboxylic acids is 1. The molecule has 166 valence electrons. The first-order valence-corrected chi connectivity index (χ1v) is 11.5. The maximum absolute atomic E-state index is 12.7. The highest BCUT2D eigenvalue weighted by Gasteiger charge is 2.41. The van der Waals surface area contributed by atoms with Gasteiger partial charge >= 0.3 is 0 Å². The molecule has 3 aliphatic rings. The van der Waals surface area contributed by atoms with E-state index in [0.29, 0.717) is 26.1 Å². The molecule has 8 heteroatoms. The molecule has 0 saturated carbocycles. The molecule has 0 bridgehead atoms. The number of aromatic nitrogens is 3. The Morgan fingerprint density at radius 3 is 2.68 bits per heavy atom. The first-order valence-electron chi connectivity index (χ1n) is 11.5. The van der Waals surface area contributed by atoms with E-state index in [0.717, 1.165) is 61.9 Å². The minimum atomic E-state index is -0.318. The molecule has 0 unspecified atom stereocenters. The summed E-state index contributed by atoms with van der Waals surface area (Å²) in [6.07, 6.45) is 6.73. The summed E-state index contributed by atoms with van der Waals surface area (Å²) >= 11 is 0. The van der Waals surface area contributed by atoms with Crippen LogP contribution in [0.25, 0.3) is 0 Å². The van der Waals surface area contributed by atoms with Gasteiger partial charge in [-0.15, -0.1) is 0 Å². The predicted octanol–water partition coefficient (Wildman–Crippen LogP) is 2.75. The zero-order valence-electron chi connectivity index (χ0n) is 18.5. The zero-order valence-corrected chi connectivity index (χ0v) is 18.5. The SMILES string of the molecule is Cc1cc(CN2CC3(CCN(c4nc(C)c5c(n4)CCCC5)CC3)OCCC2=O)on1. The van der Waals surface area contributed by atoms with E-state index in [1.54, 1.807) is 0 Å². The summed E-state index contributed by atoms with van der Waals surface area (Å²) < 4.78 is 11.7. The Morgan fingerprint density at radius 2 is 1.90 bits per heavy atom. The lowest BCUT2D eigenvalue weighted by atomic mass is 9.90. The number of hydrogen-bond donors (Lipinski definition) is 0. The molecule has 5 rings (SSSR count). The van der Waals surface area contributed by atoms with E-state index in [9.17, 15) is 4.79 Å². The summed E-state index contributed by atoms with van der Waals surface area (Å²) in [5.74, 6) is 1.69. The minimum absolute atomic E-state index is 0.113. The molecule has 0 atom stereocenters. The summed E-state index contributed by atoms with van der Waals surface area (Å²) in [5.41, 5.74) is 4.23. The number of amides is 1. The topological polar surface area (TPSA) is 84.6 Å². The van der Waals surface area contributed by atoms with Gasteiger partial charge in [-0.25, -0.2) is 9.97 Å². The molecule has 1 aliphatic carbocycles. The summed E-state index contributed by atoms with van der Waals surface area (Å²) in [5, 5.41) is 3.95. The van der Waals surface area contributed by atoms with Crippen LogP contribution in [0.1, 0.15) is 60.5 Å². The Morgan fingerprint density at radius 1 is 1.10 bits per heavy atom. The van der Waals surface area contributed by atoms with Crippen molar-refractivity contribution in [2.75, 3.05) is 31.1 Å². The van der Waals surface area contributed by atoms with Gasteiger partial charge in [0.15, 0.2) is 5.76 Å². The van der Waals surface area contributed by atoms with Gasteiger partial charge in [0, 0.05) is 30.5 Å². The fourth-order valence-electron chi connectivity index (χ4n) is 5.14. The van der Waals surface area contributed by atoms with Crippen molar-refractivity contribution in [3.05, 3.63) is 34.5 Å². The van der Waals surface area contributed by atoms with Crippen molar-refractivity contribution in [2.24, 2.45) is 0 Å². The van der Waals surface area contributed by atoms with Gasteiger partial charge < -0.3 is 19.1 Å². The number of aryl methyl sites for hydroxylation is 3. The molecular weight excluding hydrogens is 394 g/mol. The highest BCUT2D eigenvalue weighted by atomic mass is 16.5. The first-order chi connectivity index (χ1) is 15.0. The smallest absolute Gasteiger partial charge is 0.225 e. The summed E-state index contributed by atoms with van der Waals surface area (Å²) in [6.45, 7) is 7.18. The second-order valence-corrected chi connectivity index (χ2v) is 9.19. The van der Waals surface area contributed by atoms with Crippen LogP contribution in [-0.2, 0) is 28.9 Å². The third kappa shape index (κ3) is 4.18. The Hall–Kier alpha value is -2.48. The van der Waals surface area contributed by atoms with Crippen LogP contribution in [0.3, 0.4) is 0 Å². The van der Waals surface area contributed by atoms with Gasteiger partial charge in [0.1, 0.15) is 0 Å². The largest absolute Gasteiger partial charge is 0.372 e. The molecule has 0 radical (unpaired) electrons. The van der Waals surface area contributed by atoms with E-state index >= 15 is 0 Å². The number of fused-ring (bicyclic) bond motifs is 1. The van der Waals surface area contributed by atoms with Crippen LogP contribution in [0.2, 0.25) is 0 Å². The Labute approximate surface area is 183 Å². The van der Waals surface area contributed by atoms with Crippen molar-refractivity contribution in [3.63, 3.8) is 0 Å². The molecule has 1 spiro atoms. The Kier molecular flexibility index (Phi) is 5.42. The number of carbonyl (C=O) groups is 1. The second-order valence-electron chi connectivity index (χ2n) is 9.19. The normalized spacial score (nSPS) is 21.3. The van der Waals surface area contributed by atoms with E-state index in [2.05, 4.69) is 17.0 Å². The number of anilines is 1. The molecule has 2 saturated heterocycles. The van der Waals surface area contributed by atoms with E-state index in [4.69, 9.17) is 19.2 Å². The average molecular weight is 426 g/mol. The second kappa shape index (κ2) is 8.22. The Bertz CT molecular complexity index is 964. The summed E-state index contributed by atoms with van der Waals surface area (Å²) in [6, 6.07) is 1.89. The molecule has 8 nitrogen and oxygen atoms in total. The number of rotatable bonds is 3. The van der Waals surface area contributed by atoms with E-state index < -0.39 is 0 Å². The van der Waals surface area contributed by atoms with Crippen LogP contribution in [0.4, 0.5) is 5.95 Å². The number of ether oxygens (including phenoxy) is 1. The monoisotopic (exact) mass is 425 g/mol. The lowest BCUT2D eigenvalue weighted by Gasteiger charge is -2.42. The van der Waals surface area contributed by atoms with Crippen molar-refractivity contribution in [1.29, 1.82) is 0 Å². The average Bonchev–Trinajstić information content (AvgIpc) is 3.11. The molecule has 1 amide bonds. The van der Waals surface area contributed by atoms with E-state index in [1.807, 2.05) is 17.9 Å². The third-order valence-corrected chi connectivity index (χ3v) is 6.91. The fraction of sp³-hybridized carbons (Fsp3) is 0.652. The van der Waals surface area contributed by atoms with Gasteiger partial charge in [-0.2, -0.15) is 0 Å². The number of hydrogen-bond acceptors (Lipinski definition) is 7. The maximum Gasteiger partial charge on any atom is 0.225 e. The van der Waals surface area contributed by atoms with Gasteiger partial charge in [-0.05, 0) is 57.9 Å². The van der Waals surface area contributed by atoms with Crippen LogP contribution >= 0.6 is 0 Å². The number of piperidine rings is 1. The molecule has 2 aromatic rings. The van der Waals surface area contributed by atoms with Crippen molar-refractivity contribution in [3.8, 4) is 0 Å². The van der Waals surface area contributed by atoms with Crippen molar-refractivity contribution in [2.45, 2.75) is 70.9 Å². The first kappa shape index (κ1) is 20.4. The standard InChI is InChI=1S/C23H31N5O3/c1-16-13-18(31-26-16)14-28-15-23(30-12-7-21(28)29)8-10-27(11-9-23)22-24-17(2)19-5-3-4-6-20(19)25-22/h13H,3-12,14-15H2,1-2H3. The lowest BCUT2D eigenvalue weighted by molar-refractivity contribution is -0.132. The predicted molar refractivity (Wildman–Crippen MR) is 115 cm³/mol. The van der Waals surface area contributed by atoms with E-state index in [-0.39, 0.29) is 11.5 Å². The third-order valence-electron chi connectivity index (χ3n) is 6.91. The number of nitrogens with zero attached hydrogens (tertiary/aromatic N) is 5. The molecule has 2 fully saturated rings. The summed E-state index contributed by atoms with van der Waals surface area (Å²) in [4.78, 5) is 26.6. The van der Waals surface area contributed by atoms with Crippen LogP contribution in [0.5, 0.6) is 0 Å². The quantitative estimate of drug-likeness (QED) is 0.747. The lowest BCUT2D eigenvalue weighted by Crippen LogP contribution is -2.52. The molecule has 31 heavy (non-hydrogen) atoms. The van der Waals surface area contributed by atoms with Gasteiger partial charge in [0.05, 0.1) is 37.4 Å². The van der Waals surface area contributed by atoms with Crippen LogP contribution in [0, 0.1) is 13.8 Å². The van der Waals surface area contributed by atoms with Crippen LogP contribution < -0.4 is 4.90 Å². The van der Waals surface area contributed by atoms with Crippen LogP contribution in [-0.4, -0.2) is 57.8 Å². The highest BCUT2D eigenvalue weighted by molar-refractivity contribution is 5.76. The molecule has 2 aliphatic heterocycles. The molecule has 2 aromatic heterocycles. The highest BCUT2D eigenvalue weighted by Crippen LogP contribution is 2.33. The van der Waals surface area contributed by atoms with Gasteiger partial charge in [-0.3, -0.25) is 4.79 Å². The van der Waals surface area contributed by atoms with Gasteiger partial charge in [0.2, 0.25) is 11.9 Å². The minimum Gasteiger partial charge on any atom is -0.372 e.